The Labute approximate surface area is 104 Å². The maximum atomic E-state index is 5.53. The van der Waals surface area contributed by atoms with E-state index in [0.717, 1.165) is 32.6 Å². The van der Waals surface area contributed by atoms with E-state index in [9.17, 15) is 0 Å². The van der Waals surface area contributed by atoms with E-state index >= 15 is 0 Å². The van der Waals surface area contributed by atoms with Gasteiger partial charge in [0.15, 0.2) is 6.29 Å². The summed E-state index contributed by atoms with van der Waals surface area (Å²) in [5.74, 6) is 0. The highest BCUT2D eigenvalue weighted by Gasteiger charge is 2.13. The van der Waals surface area contributed by atoms with Crippen LogP contribution >= 0.6 is 0 Å². The molecule has 102 valence electrons. The van der Waals surface area contributed by atoms with Gasteiger partial charge in [0.1, 0.15) is 0 Å². The van der Waals surface area contributed by atoms with E-state index in [4.69, 9.17) is 18.9 Å². The molecule has 0 amide bonds. The monoisotopic (exact) mass is 247 g/mol. The fraction of sp³-hybridized carbons (Fsp3) is 1.00. The van der Waals surface area contributed by atoms with Crippen LogP contribution in [-0.2, 0) is 18.9 Å². The summed E-state index contributed by atoms with van der Waals surface area (Å²) in [6.45, 7) is 4.90. The molecule has 0 aliphatic carbocycles. The van der Waals surface area contributed by atoms with Crippen molar-refractivity contribution in [2.24, 2.45) is 0 Å². The summed E-state index contributed by atoms with van der Waals surface area (Å²) in [5, 5.41) is 3.02. The summed E-state index contributed by atoms with van der Waals surface area (Å²) in [4.78, 5) is 0. The lowest BCUT2D eigenvalue weighted by atomic mass is 10.2. The van der Waals surface area contributed by atoms with Gasteiger partial charge < -0.3 is 24.3 Å². The van der Waals surface area contributed by atoms with E-state index in [2.05, 4.69) is 5.32 Å². The van der Waals surface area contributed by atoms with Gasteiger partial charge in [0.05, 0.1) is 33.0 Å². The van der Waals surface area contributed by atoms with Crippen molar-refractivity contribution in [2.45, 2.75) is 25.6 Å². The summed E-state index contributed by atoms with van der Waals surface area (Å²) in [6, 6.07) is 0. The number of likely N-dealkylation sites (N-methyl/N-ethyl adjacent to an activating group) is 1. The first-order valence-electron chi connectivity index (χ1n) is 6.47. The third-order valence-corrected chi connectivity index (χ3v) is 2.54. The predicted molar refractivity (Wildman–Crippen MR) is 65.1 cm³/mol. The molecule has 0 aromatic rings. The van der Waals surface area contributed by atoms with E-state index in [-0.39, 0.29) is 6.29 Å². The van der Waals surface area contributed by atoms with Gasteiger partial charge in [-0.2, -0.15) is 0 Å². The van der Waals surface area contributed by atoms with Crippen molar-refractivity contribution < 1.29 is 18.9 Å². The van der Waals surface area contributed by atoms with E-state index in [1.807, 2.05) is 7.05 Å². The maximum Gasteiger partial charge on any atom is 0.157 e. The fourth-order valence-electron chi connectivity index (χ4n) is 1.58. The summed E-state index contributed by atoms with van der Waals surface area (Å²) >= 11 is 0. The fourth-order valence-corrected chi connectivity index (χ4v) is 1.58. The lowest BCUT2D eigenvalue weighted by Gasteiger charge is -2.22. The molecule has 0 radical (unpaired) electrons. The summed E-state index contributed by atoms with van der Waals surface area (Å²) in [6.07, 6.45) is 3.34. The van der Waals surface area contributed by atoms with Crippen LogP contribution < -0.4 is 5.32 Å². The van der Waals surface area contributed by atoms with Crippen LogP contribution in [-0.4, -0.2) is 59.5 Å². The van der Waals surface area contributed by atoms with Gasteiger partial charge in [0.2, 0.25) is 0 Å². The van der Waals surface area contributed by atoms with Crippen LogP contribution in [0.5, 0.6) is 0 Å². The molecule has 0 aromatic heterocycles. The standard InChI is InChI=1S/C12H25NO4/c1-13-5-7-14-8-9-15-10-11-17-12-4-2-3-6-16-12/h12-13H,2-11H2,1H3. The minimum absolute atomic E-state index is 0.0146. The van der Waals surface area contributed by atoms with E-state index in [0.29, 0.717) is 26.4 Å². The van der Waals surface area contributed by atoms with Crippen LogP contribution in [0.3, 0.4) is 0 Å². The van der Waals surface area contributed by atoms with E-state index in [1.165, 1.54) is 6.42 Å². The van der Waals surface area contributed by atoms with E-state index < -0.39 is 0 Å². The van der Waals surface area contributed by atoms with Crippen molar-refractivity contribution in [1.82, 2.24) is 5.32 Å². The zero-order valence-corrected chi connectivity index (χ0v) is 10.8. The van der Waals surface area contributed by atoms with Crippen molar-refractivity contribution in [3.8, 4) is 0 Å². The average molecular weight is 247 g/mol. The minimum atomic E-state index is -0.0146. The number of hydrogen-bond donors (Lipinski definition) is 1. The van der Waals surface area contributed by atoms with Gasteiger partial charge in [-0.15, -0.1) is 0 Å². The second-order valence-electron chi connectivity index (χ2n) is 4.00. The number of rotatable bonds is 10. The van der Waals surface area contributed by atoms with Crippen LogP contribution in [0.1, 0.15) is 19.3 Å². The molecule has 1 heterocycles. The molecule has 5 heteroatoms. The molecule has 0 saturated carbocycles. The second-order valence-corrected chi connectivity index (χ2v) is 4.00. The quantitative estimate of drug-likeness (QED) is 0.578. The third kappa shape index (κ3) is 8.51. The molecule has 1 unspecified atom stereocenters. The number of ether oxygens (including phenoxy) is 4. The zero-order chi connectivity index (χ0) is 12.2. The molecule has 1 aliphatic heterocycles. The Morgan fingerprint density at radius 3 is 2.53 bits per heavy atom. The van der Waals surface area contributed by atoms with Gasteiger partial charge in [-0.25, -0.2) is 0 Å². The smallest absolute Gasteiger partial charge is 0.157 e. The highest BCUT2D eigenvalue weighted by Crippen LogP contribution is 2.13. The first-order valence-corrected chi connectivity index (χ1v) is 6.47. The molecule has 0 spiro atoms. The predicted octanol–water partition coefficient (Wildman–Crippen LogP) is 0.782. The molecule has 1 N–H and O–H groups in total. The number of nitrogens with one attached hydrogen (secondary N) is 1. The maximum absolute atomic E-state index is 5.53. The second kappa shape index (κ2) is 10.9. The Balaban J connectivity index is 1.75. The Kier molecular flexibility index (Phi) is 9.55. The summed E-state index contributed by atoms with van der Waals surface area (Å²) in [7, 11) is 1.91. The van der Waals surface area contributed by atoms with Gasteiger partial charge in [0.25, 0.3) is 0 Å². The first-order chi connectivity index (χ1) is 8.43. The molecule has 17 heavy (non-hydrogen) atoms. The molecule has 1 fully saturated rings. The summed E-state index contributed by atoms with van der Waals surface area (Å²) in [5.41, 5.74) is 0. The topological polar surface area (TPSA) is 49.0 Å². The lowest BCUT2D eigenvalue weighted by molar-refractivity contribution is -0.169. The molecular formula is C12H25NO4. The van der Waals surface area contributed by atoms with Gasteiger partial charge in [-0.05, 0) is 26.3 Å². The highest BCUT2D eigenvalue weighted by molar-refractivity contribution is 4.53. The molecule has 1 atom stereocenters. The SMILES string of the molecule is CNCCOCCOCCOC1CCCCO1. The molecular weight excluding hydrogens is 222 g/mol. The molecule has 0 aromatic carbocycles. The van der Waals surface area contributed by atoms with Gasteiger partial charge in [0, 0.05) is 13.2 Å². The van der Waals surface area contributed by atoms with Crippen LogP contribution in [0.4, 0.5) is 0 Å². The molecule has 1 rings (SSSR count). The Hall–Kier alpha value is -0.200. The average Bonchev–Trinajstić information content (AvgIpc) is 2.38. The normalized spacial score (nSPS) is 20.6. The Bertz CT molecular complexity index is 163. The van der Waals surface area contributed by atoms with Crippen molar-refractivity contribution in [3.63, 3.8) is 0 Å². The first kappa shape index (κ1) is 14.9. The number of hydrogen-bond acceptors (Lipinski definition) is 5. The van der Waals surface area contributed by atoms with Crippen molar-refractivity contribution in [2.75, 3.05) is 53.2 Å². The molecule has 5 nitrogen and oxygen atoms in total. The van der Waals surface area contributed by atoms with E-state index in [1.54, 1.807) is 0 Å². The van der Waals surface area contributed by atoms with Crippen LogP contribution in [0.2, 0.25) is 0 Å². The lowest BCUT2D eigenvalue weighted by Crippen LogP contribution is -2.24. The van der Waals surface area contributed by atoms with Crippen LogP contribution in [0, 0.1) is 0 Å². The zero-order valence-electron chi connectivity index (χ0n) is 10.8. The van der Waals surface area contributed by atoms with Crippen molar-refractivity contribution in [1.29, 1.82) is 0 Å². The highest BCUT2D eigenvalue weighted by atomic mass is 16.7. The van der Waals surface area contributed by atoms with Gasteiger partial charge in [-0.1, -0.05) is 0 Å². The summed E-state index contributed by atoms with van der Waals surface area (Å²) < 4.78 is 21.7. The van der Waals surface area contributed by atoms with Crippen molar-refractivity contribution in [3.05, 3.63) is 0 Å². The molecule has 1 saturated heterocycles. The third-order valence-electron chi connectivity index (χ3n) is 2.54. The Morgan fingerprint density at radius 2 is 1.82 bits per heavy atom. The Morgan fingerprint density at radius 1 is 1.06 bits per heavy atom. The van der Waals surface area contributed by atoms with Crippen LogP contribution in [0.15, 0.2) is 0 Å². The van der Waals surface area contributed by atoms with Gasteiger partial charge >= 0.3 is 0 Å². The molecule has 0 bridgehead atoms. The van der Waals surface area contributed by atoms with Gasteiger partial charge in [-0.3, -0.25) is 0 Å². The van der Waals surface area contributed by atoms with Crippen molar-refractivity contribution >= 4 is 0 Å². The minimum Gasteiger partial charge on any atom is -0.378 e. The van der Waals surface area contributed by atoms with Crippen LogP contribution in [0.25, 0.3) is 0 Å². The largest absolute Gasteiger partial charge is 0.378 e. The molecule has 1 aliphatic rings.